The Labute approximate surface area is 646 Å². The Morgan fingerprint density at radius 2 is 0.660 bits per heavy atom. The molecular weight excluding hydrogens is 1330 g/mol. The van der Waals surface area contributed by atoms with Gasteiger partial charge in [0.25, 0.3) is 0 Å². The SMILES string of the molecule is CC/C=C\C/C=C\C/C=C\C/C=C\C/C=C\C/C=C\C/C=C\C/C=C\C/C=C\C/C=C\CCCCCCCCCCCCC(=O)NC(COC1OC(CO)C(OC2OC(CO)C(O)C(O)C2O)C(O)C1O)C(O)/C=C/CC/C=C/CCCCCCCCCCCCCCCCCCCCCCCCCCC. The molecule has 2 aliphatic heterocycles. The highest BCUT2D eigenvalue weighted by atomic mass is 16.7. The smallest absolute Gasteiger partial charge is 0.220 e. The van der Waals surface area contributed by atoms with Gasteiger partial charge in [0.15, 0.2) is 12.6 Å². The molecule has 0 saturated carbocycles. The highest BCUT2D eigenvalue weighted by Crippen LogP contribution is 2.30. The molecule has 0 aromatic heterocycles. The molecule has 2 saturated heterocycles. The van der Waals surface area contributed by atoms with E-state index in [1.165, 1.54) is 199 Å². The van der Waals surface area contributed by atoms with Crippen molar-refractivity contribution in [3.8, 4) is 0 Å². The highest BCUT2D eigenvalue weighted by molar-refractivity contribution is 5.76. The maximum Gasteiger partial charge on any atom is 0.220 e. The van der Waals surface area contributed by atoms with Crippen LogP contribution in [0.25, 0.3) is 0 Å². The summed E-state index contributed by atoms with van der Waals surface area (Å²) < 4.78 is 22.9. The van der Waals surface area contributed by atoms with Crippen molar-refractivity contribution >= 4 is 5.91 Å². The van der Waals surface area contributed by atoms with Crippen LogP contribution in [0, 0.1) is 0 Å². The van der Waals surface area contributed by atoms with Crippen LogP contribution in [0.5, 0.6) is 0 Å². The zero-order chi connectivity index (χ0) is 76.5. The molecule has 0 aromatic rings. The molecule has 2 heterocycles. The maximum atomic E-state index is 13.4. The zero-order valence-corrected chi connectivity index (χ0v) is 66.9. The standard InChI is InChI=1S/C92H157NO13/c1-3-5-7-9-11-13-15-17-19-21-23-25-27-29-31-33-35-36-37-38-39-40-41-42-43-44-46-48-50-52-54-56-58-60-62-64-66-68-70-72-74-76-84(97)93-80(79-103-91-89(102)87(100)90(83(78-95)105-91)106-92-88(101)86(99)85(98)82(77-94)104-92)81(96)75-73-71-69-67-65-63-61-59-57-55-53-51-49-47-45-34-32-30-28-26-24-22-20-18-16-14-12-10-8-6-4-2/h5,7,11,13,17,19,23,25,29,31,35-36,38-39,41-42,44,46,50,52,65,67,73,75,80-83,85-92,94-96,98-102H,3-4,6,8-10,12,14-16,18,20-22,24,26-28,30,32-34,37,40,43,45,47-49,51,53-64,66,68-72,74,76-79H2,1-2H3,(H,93,97)/b7-5-,13-11-,19-17-,25-23-,31-29-,36-35-,39-38-,42-41-,46-44-,52-50-,67-65+,75-73+. The van der Waals surface area contributed by atoms with Crippen LogP contribution in [0.3, 0.4) is 0 Å². The van der Waals surface area contributed by atoms with E-state index in [9.17, 15) is 45.6 Å². The van der Waals surface area contributed by atoms with Crippen molar-refractivity contribution in [1.82, 2.24) is 5.32 Å². The molecule has 106 heavy (non-hydrogen) atoms. The predicted molar refractivity (Wildman–Crippen MR) is 442 cm³/mol. The first-order valence-electron chi connectivity index (χ1n) is 43.1. The van der Waals surface area contributed by atoms with Crippen LogP contribution in [0.15, 0.2) is 146 Å². The van der Waals surface area contributed by atoms with E-state index in [2.05, 4.69) is 153 Å². The zero-order valence-electron chi connectivity index (χ0n) is 66.9. The van der Waals surface area contributed by atoms with Gasteiger partial charge in [0.2, 0.25) is 5.91 Å². The Balaban J connectivity index is 1.62. The topological polar surface area (TPSA) is 228 Å². The molecule has 12 atom stereocenters. The normalized spacial score (nSPS) is 22.1. The van der Waals surface area contributed by atoms with Crippen molar-refractivity contribution in [2.45, 2.75) is 408 Å². The van der Waals surface area contributed by atoms with E-state index in [0.29, 0.717) is 12.8 Å². The number of carbonyl (C=O) groups is 1. The number of amides is 1. The Hall–Kier alpha value is -4.13. The van der Waals surface area contributed by atoms with Crippen molar-refractivity contribution in [3.05, 3.63) is 146 Å². The quantitative estimate of drug-likeness (QED) is 0.0204. The molecule has 0 bridgehead atoms. The van der Waals surface area contributed by atoms with Crippen LogP contribution in [-0.4, -0.2) is 140 Å². The number of nitrogens with one attached hydrogen (secondary N) is 1. The van der Waals surface area contributed by atoms with E-state index in [0.717, 1.165) is 103 Å². The molecule has 14 heteroatoms. The fourth-order valence-electron chi connectivity index (χ4n) is 13.3. The van der Waals surface area contributed by atoms with E-state index < -0.39 is 86.8 Å². The molecule has 0 aliphatic carbocycles. The molecule has 2 aliphatic rings. The van der Waals surface area contributed by atoms with Crippen molar-refractivity contribution in [1.29, 1.82) is 0 Å². The monoisotopic (exact) mass is 1480 g/mol. The third-order valence-electron chi connectivity index (χ3n) is 20.0. The van der Waals surface area contributed by atoms with Crippen molar-refractivity contribution < 1.29 is 64.6 Å². The van der Waals surface area contributed by atoms with Crippen molar-refractivity contribution in [3.63, 3.8) is 0 Å². The number of carbonyl (C=O) groups excluding carboxylic acids is 1. The molecule has 2 fully saturated rings. The number of unbranched alkanes of at least 4 members (excludes halogenated alkanes) is 36. The van der Waals surface area contributed by atoms with Crippen LogP contribution >= 0.6 is 0 Å². The van der Waals surface area contributed by atoms with Crippen LogP contribution in [-0.2, 0) is 23.7 Å². The summed E-state index contributed by atoms with van der Waals surface area (Å²) in [7, 11) is 0. The largest absolute Gasteiger partial charge is 0.394 e. The molecule has 1 amide bonds. The highest BCUT2D eigenvalue weighted by Gasteiger charge is 2.51. The fourth-order valence-corrected chi connectivity index (χ4v) is 13.3. The molecule has 14 nitrogen and oxygen atoms in total. The second-order valence-corrected chi connectivity index (χ2v) is 29.6. The van der Waals surface area contributed by atoms with Gasteiger partial charge in [0.05, 0.1) is 32.0 Å². The summed E-state index contributed by atoms with van der Waals surface area (Å²) in [5, 5.41) is 87.8. The van der Waals surface area contributed by atoms with Gasteiger partial charge in [-0.1, -0.05) is 365 Å². The molecule has 12 unspecified atom stereocenters. The summed E-state index contributed by atoms with van der Waals surface area (Å²) >= 11 is 0. The van der Waals surface area contributed by atoms with E-state index in [1.807, 2.05) is 6.08 Å². The van der Waals surface area contributed by atoms with Crippen LogP contribution in [0.4, 0.5) is 0 Å². The lowest BCUT2D eigenvalue weighted by atomic mass is 9.97. The van der Waals surface area contributed by atoms with E-state index in [-0.39, 0.29) is 18.9 Å². The minimum atomic E-state index is -1.80. The Bertz CT molecular complexity index is 2350. The number of aliphatic hydroxyl groups is 8. The summed E-state index contributed by atoms with van der Waals surface area (Å²) in [6, 6.07) is -0.946. The van der Waals surface area contributed by atoms with Crippen LogP contribution < -0.4 is 5.32 Å². The molecule has 9 N–H and O–H groups in total. The Morgan fingerprint density at radius 3 is 1.04 bits per heavy atom. The van der Waals surface area contributed by atoms with Gasteiger partial charge in [0, 0.05) is 6.42 Å². The molecule has 2 rings (SSSR count). The van der Waals surface area contributed by atoms with Gasteiger partial charge in [-0.2, -0.15) is 0 Å². The molecule has 0 radical (unpaired) electrons. The Morgan fingerprint density at radius 1 is 0.349 bits per heavy atom. The first-order chi connectivity index (χ1) is 52.1. The number of hydrogen-bond acceptors (Lipinski definition) is 13. The second-order valence-electron chi connectivity index (χ2n) is 29.6. The third-order valence-corrected chi connectivity index (χ3v) is 20.0. The lowest BCUT2D eigenvalue weighted by Gasteiger charge is -2.46. The minimum Gasteiger partial charge on any atom is -0.394 e. The van der Waals surface area contributed by atoms with Crippen molar-refractivity contribution in [2.75, 3.05) is 19.8 Å². The lowest BCUT2D eigenvalue weighted by molar-refractivity contribution is -0.359. The first kappa shape index (κ1) is 97.9. The number of hydrogen-bond donors (Lipinski definition) is 9. The summed E-state index contributed by atoms with van der Waals surface area (Å²) in [4.78, 5) is 13.4. The fraction of sp³-hybridized carbons (Fsp3) is 0.728. The number of ether oxygens (including phenoxy) is 4. The molecule has 0 spiro atoms. The number of allylic oxidation sites excluding steroid dienone is 23. The predicted octanol–water partition coefficient (Wildman–Crippen LogP) is 20.7. The molecular formula is C92H157NO13. The Kier molecular flexibility index (Phi) is 68.1. The van der Waals surface area contributed by atoms with Gasteiger partial charge in [-0.15, -0.1) is 0 Å². The van der Waals surface area contributed by atoms with Gasteiger partial charge in [-0.3, -0.25) is 4.79 Å². The molecule has 608 valence electrons. The number of rotatable bonds is 71. The van der Waals surface area contributed by atoms with Gasteiger partial charge in [0.1, 0.15) is 48.8 Å². The van der Waals surface area contributed by atoms with Gasteiger partial charge in [-0.05, 0) is 109 Å². The van der Waals surface area contributed by atoms with Crippen molar-refractivity contribution in [2.24, 2.45) is 0 Å². The summed E-state index contributed by atoms with van der Waals surface area (Å²) in [5.41, 5.74) is 0. The summed E-state index contributed by atoms with van der Waals surface area (Å²) in [6.45, 7) is 2.70. The van der Waals surface area contributed by atoms with Gasteiger partial charge < -0.3 is 65.1 Å². The summed E-state index contributed by atoms with van der Waals surface area (Å²) in [6.07, 6.45) is 95.1. The minimum absolute atomic E-state index is 0.256. The first-order valence-corrected chi connectivity index (χ1v) is 43.1. The van der Waals surface area contributed by atoms with Gasteiger partial charge >= 0.3 is 0 Å². The second kappa shape index (κ2) is 73.7. The number of aliphatic hydroxyl groups excluding tert-OH is 8. The summed E-state index contributed by atoms with van der Waals surface area (Å²) in [5.74, 6) is -0.256. The average molecular weight is 1490 g/mol. The van der Waals surface area contributed by atoms with E-state index in [4.69, 9.17) is 18.9 Å². The lowest BCUT2D eigenvalue weighted by Crippen LogP contribution is -2.65. The van der Waals surface area contributed by atoms with Gasteiger partial charge in [-0.25, -0.2) is 0 Å². The van der Waals surface area contributed by atoms with E-state index in [1.54, 1.807) is 6.08 Å². The molecule has 0 aromatic carbocycles. The van der Waals surface area contributed by atoms with E-state index >= 15 is 0 Å². The average Bonchev–Trinajstić information content (AvgIpc) is 0.790. The van der Waals surface area contributed by atoms with Crippen LogP contribution in [0.1, 0.15) is 335 Å². The third kappa shape index (κ3) is 55.3. The van der Waals surface area contributed by atoms with Crippen LogP contribution in [0.2, 0.25) is 0 Å². The maximum absolute atomic E-state index is 13.4.